The van der Waals surface area contributed by atoms with Gasteiger partial charge in [0.05, 0.1) is 12.2 Å². The molecule has 3 aromatic carbocycles. The number of anilines is 1. The molecular weight excluding hydrogens is 440 g/mol. The summed E-state index contributed by atoms with van der Waals surface area (Å²) in [5, 5.41) is 16.4. The highest BCUT2D eigenvalue weighted by Gasteiger charge is 2.12. The zero-order valence-electron chi connectivity index (χ0n) is 17.3. The Morgan fingerprint density at radius 2 is 1.66 bits per heavy atom. The molecule has 0 aliphatic rings. The molecule has 162 valence electrons. The first-order valence-corrected chi connectivity index (χ1v) is 12.0. The molecule has 2 N–H and O–H groups in total. The molecule has 0 bridgehead atoms. The highest BCUT2D eigenvalue weighted by Crippen LogP contribution is 2.26. The van der Waals surface area contributed by atoms with Gasteiger partial charge in [0, 0.05) is 6.54 Å². The minimum absolute atomic E-state index is 0.0531. The molecule has 0 saturated carbocycles. The van der Waals surface area contributed by atoms with E-state index in [4.69, 9.17) is 0 Å². The highest BCUT2D eigenvalue weighted by molar-refractivity contribution is 8.01. The van der Waals surface area contributed by atoms with Gasteiger partial charge in [-0.1, -0.05) is 95.9 Å². The number of nitrogens with one attached hydrogen (secondary N) is 2. The number of carbonyl (C=O) groups excluding carboxylic acids is 2. The predicted octanol–water partition coefficient (Wildman–Crippen LogP) is 4.32. The van der Waals surface area contributed by atoms with Gasteiger partial charge in [-0.3, -0.25) is 9.59 Å². The molecule has 1 aromatic heterocycles. The van der Waals surface area contributed by atoms with E-state index in [0.717, 1.165) is 22.8 Å². The summed E-state index contributed by atoms with van der Waals surface area (Å²) in [5.74, 6) is 0.0586. The van der Waals surface area contributed by atoms with Gasteiger partial charge in [-0.15, -0.1) is 10.2 Å². The number of rotatable bonds is 9. The van der Waals surface area contributed by atoms with Crippen molar-refractivity contribution < 1.29 is 9.59 Å². The van der Waals surface area contributed by atoms with Crippen LogP contribution >= 0.6 is 23.1 Å². The van der Waals surface area contributed by atoms with Crippen LogP contribution in [0.1, 0.15) is 11.1 Å². The third kappa shape index (κ3) is 6.15. The van der Waals surface area contributed by atoms with Crippen LogP contribution < -0.4 is 10.6 Å². The second-order valence-electron chi connectivity index (χ2n) is 7.11. The smallest absolute Gasteiger partial charge is 0.230 e. The van der Waals surface area contributed by atoms with Gasteiger partial charge in [0.1, 0.15) is 0 Å². The summed E-state index contributed by atoms with van der Waals surface area (Å²) in [4.78, 5) is 24.5. The van der Waals surface area contributed by atoms with Gasteiger partial charge in [0.2, 0.25) is 16.9 Å². The lowest BCUT2D eigenvalue weighted by Crippen LogP contribution is -2.27. The Bertz CT molecular complexity index is 1210. The van der Waals surface area contributed by atoms with Gasteiger partial charge in [-0.05, 0) is 28.3 Å². The third-order valence-corrected chi connectivity index (χ3v) is 6.76. The molecule has 4 aromatic rings. The summed E-state index contributed by atoms with van der Waals surface area (Å²) < 4.78 is 0.642. The molecule has 0 atom stereocenters. The van der Waals surface area contributed by atoms with Crippen molar-refractivity contribution in [1.82, 2.24) is 15.5 Å². The Hall–Kier alpha value is -3.23. The summed E-state index contributed by atoms with van der Waals surface area (Å²) in [6, 6.07) is 24.0. The number of amides is 2. The van der Waals surface area contributed by atoms with E-state index in [1.54, 1.807) is 0 Å². The monoisotopic (exact) mass is 462 g/mol. The molecule has 32 heavy (non-hydrogen) atoms. The Kier molecular flexibility index (Phi) is 7.47. The summed E-state index contributed by atoms with van der Waals surface area (Å²) in [6.45, 7) is 0.592. The van der Waals surface area contributed by atoms with Crippen LogP contribution in [-0.2, 0) is 22.4 Å². The molecule has 2 amide bonds. The Morgan fingerprint density at radius 3 is 2.53 bits per heavy atom. The lowest BCUT2D eigenvalue weighted by molar-refractivity contribution is -0.118. The van der Waals surface area contributed by atoms with Gasteiger partial charge in [0.15, 0.2) is 4.34 Å². The van der Waals surface area contributed by atoms with Crippen molar-refractivity contribution in [3.63, 3.8) is 0 Å². The second kappa shape index (κ2) is 10.9. The quantitative estimate of drug-likeness (QED) is 0.286. The summed E-state index contributed by atoms with van der Waals surface area (Å²) in [5.41, 5.74) is 2.15. The lowest BCUT2D eigenvalue weighted by atomic mass is 10.0. The molecule has 6 nitrogen and oxygen atoms in total. The van der Waals surface area contributed by atoms with E-state index in [9.17, 15) is 9.59 Å². The van der Waals surface area contributed by atoms with Gasteiger partial charge in [-0.2, -0.15) is 0 Å². The summed E-state index contributed by atoms with van der Waals surface area (Å²) in [6.07, 6.45) is 1.05. The largest absolute Gasteiger partial charge is 0.355 e. The van der Waals surface area contributed by atoms with Crippen molar-refractivity contribution in [2.45, 2.75) is 17.2 Å². The molecule has 0 saturated heterocycles. The molecule has 0 aliphatic carbocycles. The number of nitrogens with zero attached hydrogens (tertiary/aromatic N) is 2. The van der Waals surface area contributed by atoms with Crippen LogP contribution in [-0.4, -0.2) is 34.3 Å². The zero-order valence-corrected chi connectivity index (χ0v) is 18.9. The number of thioether (sulfide) groups is 1. The fourth-order valence-corrected chi connectivity index (χ4v) is 4.87. The van der Waals surface area contributed by atoms with Crippen LogP contribution in [0.3, 0.4) is 0 Å². The zero-order chi connectivity index (χ0) is 22.2. The van der Waals surface area contributed by atoms with Crippen LogP contribution in [0, 0.1) is 0 Å². The lowest BCUT2D eigenvalue weighted by Gasteiger charge is -2.06. The van der Waals surface area contributed by atoms with Crippen LogP contribution in [0.4, 0.5) is 5.13 Å². The van der Waals surface area contributed by atoms with Crippen molar-refractivity contribution in [3.05, 3.63) is 83.9 Å². The van der Waals surface area contributed by atoms with E-state index in [2.05, 4.69) is 20.8 Å². The van der Waals surface area contributed by atoms with E-state index in [1.807, 2.05) is 72.8 Å². The van der Waals surface area contributed by atoms with Gasteiger partial charge in [-0.25, -0.2) is 0 Å². The second-order valence-corrected chi connectivity index (χ2v) is 9.31. The average molecular weight is 463 g/mol. The van der Waals surface area contributed by atoms with E-state index in [1.165, 1.54) is 28.7 Å². The minimum atomic E-state index is -0.146. The molecule has 8 heteroatoms. The predicted molar refractivity (Wildman–Crippen MR) is 130 cm³/mol. The molecule has 0 radical (unpaired) electrons. The maximum atomic E-state index is 12.5. The van der Waals surface area contributed by atoms with Crippen molar-refractivity contribution in [2.24, 2.45) is 0 Å². The third-order valence-electron chi connectivity index (χ3n) is 4.79. The van der Waals surface area contributed by atoms with Gasteiger partial charge in [0.25, 0.3) is 0 Å². The van der Waals surface area contributed by atoms with Crippen molar-refractivity contribution in [1.29, 1.82) is 0 Å². The maximum Gasteiger partial charge on any atom is 0.230 e. The molecule has 4 rings (SSSR count). The Morgan fingerprint density at radius 1 is 0.875 bits per heavy atom. The molecule has 0 aliphatic heterocycles. The fraction of sp³-hybridized carbons (Fsp3) is 0.167. The van der Waals surface area contributed by atoms with Crippen molar-refractivity contribution >= 4 is 50.8 Å². The Balaban J connectivity index is 1.23. The number of benzene rings is 3. The number of fused-ring (bicyclic) bond motifs is 1. The molecule has 0 spiro atoms. The Labute approximate surface area is 194 Å². The SMILES string of the molecule is O=C(CSc1nnc(NC(=O)Cc2cccc3ccccc23)s1)NCCc1ccccc1. The molecular formula is C24H22N4O2S2. The fourth-order valence-electron chi connectivity index (χ4n) is 3.27. The average Bonchev–Trinajstić information content (AvgIpc) is 3.26. The van der Waals surface area contributed by atoms with Crippen LogP contribution in [0.2, 0.25) is 0 Å². The van der Waals surface area contributed by atoms with Crippen LogP contribution in [0.15, 0.2) is 77.1 Å². The van der Waals surface area contributed by atoms with Crippen LogP contribution in [0.5, 0.6) is 0 Å². The van der Waals surface area contributed by atoms with Gasteiger partial charge < -0.3 is 10.6 Å². The molecule has 1 heterocycles. The first kappa shape index (κ1) is 22.0. The number of aromatic nitrogens is 2. The van der Waals surface area contributed by atoms with E-state index >= 15 is 0 Å². The summed E-state index contributed by atoms with van der Waals surface area (Å²) >= 11 is 2.58. The maximum absolute atomic E-state index is 12.5. The minimum Gasteiger partial charge on any atom is -0.355 e. The number of hydrogen-bond donors (Lipinski definition) is 2. The number of carbonyl (C=O) groups is 2. The van der Waals surface area contributed by atoms with Crippen LogP contribution in [0.25, 0.3) is 10.8 Å². The standard InChI is InChI=1S/C24H22N4O2S2/c29-21(15-19-11-6-10-18-9-4-5-12-20(18)19)26-23-27-28-24(32-23)31-16-22(30)25-14-13-17-7-2-1-3-8-17/h1-12H,13-16H2,(H,25,30)(H,26,27,29). The van der Waals surface area contributed by atoms with Gasteiger partial charge >= 0.3 is 0 Å². The van der Waals surface area contributed by atoms with E-state index in [0.29, 0.717) is 16.0 Å². The van der Waals surface area contributed by atoms with E-state index < -0.39 is 0 Å². The molecule has 0 unspecified atom stereocenters. The number of hydrogen-bond acceptors (Lipinski definition) is 6. The molecule has 0 fully saturated rings. The topological polar surface area (TPSA) is 84.0 Å². The highest BCUT2D eigenvalue weighted by atomic mass is 32.2. The first-order valence-electron chi connectivity index (χ1n) is 10.2. The van der Waals surface area contributed by atoms with Crippen molar-refractivity contribution in [2.75, 3.05) is 17.6 Å². The van der Waals surface area contributed by atoms with E-state index in [-0.39, 0.29) is 24.0 Å². The normalized spacial score (nSPS) is 10.8. The van der Waals surface area contributed by atoms with Crippen molar-refractivity contribution in [3.8, 4) is 0 Å². The summed E-state index contributed by atoms with van der Waals surface area (Å²) in [7, 11) is 0. The first-order chi connectivity index (χ1) is 15.7.